The molecule has 106 valence electrons. The molecule has 1 saturated carbocycles. The quantitative estimate of drug-likeness (QED) is 0.759. The van der Waals surface area contributed by atoms with E-state index in [0.29, 0.717) is 12.5 Å². The van der Waals surface area contributed by atoms with Crippen LogP contribution >= 0.6 is 0 Å². The van der Waals surface area contributed by atoms with Crippen molar-refractivity contribution in [3.05, 3.63) is 0 Å². The van der Waals surface area contributed by atoms with Gasteiger partial charge < -0.3 is 15.3 Å². The predicted molar refractivity (Wildman–Crippen MR) is 75.7 cm³/mol. The summed E-state index contributed by atoms with van der Waals surface area (Å²) in [6, 6.07) is 0.764. The summed E-state index contributed by atoms with van der Waals surface area (Å²) in [5, 5.41) is 12.9. The Morgan fingerprint density at radius 3 is 2.61 bits per heavy atom. The minimum absolute atomic E-state index is 0.387. The van der Waals surface area contributed by atoms with Crippen LogP contribution in [0.2, 0.25) is 0 Å². The van der Waals surface area contributed by atoms with Gasteiger partial charge in [-0.25, -0.2) is 0 Å². The third-order valence-electron chi connectivity index (χ3n) is 4.77. The van der Waals surface area contributed by atoms with Gasteiger partial charge in [0.1, 0.15) is 0 Å². The second kappa shape index (κ2) is 7.46. The first-order valence-corrected chi connectivity index (χ1v) is 7.90. The standard InChI is InChI=1S/C15H30N2O/c1-2-8-16-15-5-3-4-14(15)11-17-9-6-13(12-18)7-10-17/h13-16,18H,2-12H2,1H3. The lowest BCUT2D eigenvalue weighted by atomic mass is 9.95. The molecule has 1 heterocycles. The van der Waals surface area contributed by atoms with Crippen LogP contribution in [-0.4, -0.2) is 48.8 Å². The van der Waals surface area contributed by atoms with Crippen LogP contribution in [0, 0.1) is 11.8 Å². The zero-order chi connectivity index (χ0) is 12.8. The number of hydrogen-bond donors (Lipinski definition) is 2. The van der Waals surface area contributed by atoms with Crippen molar-refractivity contribution in [1.29, 1.82) is 0 Å². The van der Waals surface area contributed by atoms with E-state index in [2.05, 4.69) is 17.1 Å². The molecule has 0 spiro atoms. The molecule has 1 aliphatic heterocycles. The monoisotopic (exact) mass is 254 g/mol. The van der Waals surface area contributed by atoms with Gasteiger partial charge in [-0.3, -0.25) is 0 Å². The first-order chi connectivity index (χ1) is 8.83. The summed E-state index contributed by atoms with van der Waals surface area (Å²) in [6.45, 7) is 7.48. The van der Waals surface area contributed by atoms with Gasteiger partial charge in [-0.1, -0.05) is 13.3 Å². The third-order valence-corrected chi connectivity index (χ3v) is 4.77. The zero-order valence-electron chi connectivity index (χ0n) is 11.9. The Hall–Kier alpha value is -0.120. The van der Waals surface area contributed by atoms with Crippen LogP contribution in [0.5, 0.6) is 0 Å². The van der Waals surface area contributed by atoms with Crippen LogP contribution < -0.4 is 5.32 Å². The highest BCUT2D eigenvalue weighted by Crippen LogP contribution is 2.28. The zero-order valence-corrected chi connectivity index (χ0v) is 11.9. The molecule has 2 fully saturated rings. The molecular weight excluding hydrogens is 224 g/mol. The van der Waals surface area contributed by atoms with Crippen LogP contribution in [0.25, 0.3) is 0 Å². The molecule has 0 aromatic heterocycles. The van der Waals surface area contributed by atoms with Crippen molar-refractivity contribution >= 4 is 0 Å². The van der Waals surface area contributed by atoms with E-state index in [0.717, 1.165) is 12.0 Å². The van der Waals surface area contributed by atoms with E-state index < -0.39 is 0 Å². The van der Waals surface area contributed by atoms with Crippen LogP contribution in [0.1, 0.15) is 45.4 Å². The van der Waals surface area contributed by atoms with E-state index in [-0.39, 0.29) is 0 Å². The highest BCUT2D eigenvalue weighted by atomic mass is 16.3. The Morgan fingerprint density at radius 1 is 1.17 bits per heavy atom. The highest BCUT2D eigenvalue weighted by molar-refractivity contribution is 4.86. The van der Waals surface area contributed by atoms with Gasteiger partial charge in [-0.15, -0.1) is 0 Å². The lowest BCUT2D eigenvalue weighted by molar-refractivity contribution is 0.115. The van der Waals surface area contributed by atoms with E-state index in [4.69, 9.17) is 0 Å². The van der Waals surface area contributed by atoms with Crippen LogP contribution in [0.15, 0.2) is 0 Å². The number of aliphatic hydroxyl groups is 1. The number of aliphatic hydroxyl groups excluding tert-OH is 1. The molecule has 18 heavy (non-hydrogen) atoms. The van der Waals surface area contributed by atoms with Crippen molar-refractivity contribution in [2.45, 2.75) is 51.5 Å². The third kappa shape index (κ3) is 3.94. The molecule has 0 aromatic rings. The Bertz CT molecular complexity index is 227. The van der Waals surface area contributed by atoms with Crippen molar-refractivity contribution in [2.75, 3.05) is 32.8 Å². The lowest BCUT2D eigenvalue weighted by Gasteiger charge is -2.34. The Kier molecular flexibility index (Phi) is 5.93. The minimum Gasteiger partial charge on any atom is -0.396 e. The second-order valence-corrected chi connectivity index (χ2v) is 6.18. The molecule has 3 heteroatoms. The topological polar surface area (TPSA) is 35.5 Å². The lowest BCUT2D eigenvalue weighted by Crippen LogP contribution is -2.42. The summed E-state index contributed by atoms with van der Waals surface area (Å²) in [5.41, 5.74) is 0. The number of nitrogens with zero attached hydrogens (tertiary/aromatic N) is 1. The molecule has 1 saturated heterocycles. The summed E-state index contributed by atoms with van der Waals surface area (Å²) >= 11 is 0. The molecule has 2 atom stereocenters. The summed E-state index contributed by atoms with van der Waals surface area (Å²) in [4.78, 5) is 2.63. The molecule has 2 rings (SSSR count). The number of hydrogen-bond acceptors (Lipinski definition) is 3. The molecule has 2 aliphatic rings. The van der Waals surface area contributed by atoms with E-state index in [1.165, 1.54) is 64.7 Å². The molecule has 0 aromatic carbocycles. The smallest absolute Gasteiger partial charge is 0.0460 e. The van der Waals surface area contributed by atoms with Crippen molar-refractivity contribution in [3.8, 4) is 0 Å². The fourth-order valence-electron chi connectivity index (χ4n) is 3.54. The van der Waals surface area contributed by atoms with Crippen LogP contribution in [0.3, 0.4) is 0 Å². The Morgan fingerprint density at radius 2 is 1.94 bits per heavy atom. The maximum absolute atomic E-state index is 9.17. The first kappa shape index (κ1) is 14.3. The fraction of sp³-hybridized carbons (Fsp3) is 1.00. The van der Waals surface area contributed by atoms with Crippen molar-refractivity contribution in [2.24, 2.45) is 11.8 Å². The average Bonchev–Trinajstić information content (AvgIpc) is 2.84. The maximum Gasteiger partial charge on any atom is 0.0460 e. The molecule has 3 nitrogen and oxygen atoms in total. The van der Waals surface area contributed by atoms with Gasteiger partial charge in [0.05, 0.1) is 0 Å². The van der Waals surface area contributed by atoms with Crippen LogP contribution in [0.4, 0.5) is 0 Å². The molecular formula is C15H30N2O. The van der Waals surface area contributed by atoms with E-state index in [1.807, 2.05) is 0 Å². The van der Waals surface area contributed by atoms with Gasteiger partial charge in [-0.2, -0.15) is 0 Å². The van der Waals surface area contributed by atoms with Crippen LogP contribution in [-0.2, 0) is 0 Å². The summed E-state index contributed by atoms with van der Waals surface area (Å²) in [7, 11) is 0. The van der Waals surface area contributed by atoms with Gasteiger partial charge >= 0.3 is 0 Å². The molecule has 0 bridgehead atoms. The fourth-order valence-corrected chi connectivity index (χ4v) is 3.54. The average molecular weight is 254 g/mol. The largest absolute Gasteiger partial charge is 0.396 e. The van der Waals surface area contributed by atoms with E-state index >= 15 is 0 Å². The first-order valence-electron chi connectivity index (χ1n) is 7.90. The molecule has 1 aliphatic carbocycles. The Balaban J connectivity index is 1.71. The second-order valence-electron chi connectivity index (χ2n) is 6.18. The van der Waals surface area contributed by atoms with Gasteiger partial charge in [0.15, 0.2) is 0 Å². The number of rotatable bonds is 6. The molecule has 2 unspecified atom stereocenters. The van der Waals surface area contributed by atoms with Crippen molar-refractivity contribution in [3.63, 3.8) is 0 Å². The van der Waals surface area contributed by atoms with Gasteiger partial charge in [0.25, 0.3) is 0 Å². The molecule has 0 radical (unpaired) electrons. The normalized spacial score (nSPS) is 31.0. The minimum atomic E-state index is 0.387. The van der Waals surface area contributed by atoms with Crippen molar-refractivity contribution in [1.82, 2.24) is 10.2 Å². The van der Waals surface area contributed by atoms with E-state index in [9.17, 15) is 5.11 Å². The Labute approximate surface area is 112 Å². The number of nitrogens with one attached hydrogen (secondary N) is 1. The summed E-state index contributed by atoms with van der Waals surface area (Å²) in [5.74, 6) is 1.43. The predicted octanol–water partition coefficient (Wildman–Crippen LogP) is 1.86. The SMILES string of the molecule is CCCNC1CCCC1CN1CCC(CO)CC1. The number of piperidine rings is 1. The number of likely N-dealkylation sites (tertiary alicyclic amines) is 1. The van der Waals surface area contributed by atoms with Gasteiger partial charge in [0, 0.05) is 19.2 Å². The summed E-state index contributed by atoms with van der Waals surface area (Å²) in [6.07, 6.45) is 7.80. The van der Waals surface area contributed by atoms with Gasteiger partial charge in [-0.05, 0) is 63.6 Å². The molecule has 0 amide bonds. The van der Waals surface area contributed by atoms with E-state index in [1.54, 1.807) is 0 Å². The van der Waals surface area contributed by atoms with Gasteiger partial charge in [0.2, 0.25) is 0 Å². The molecule has 2 N–H and O–H groups in total. The maximum atomic E-state index is 9.17. The van der Waals surface area contributed by atoms with Crippen molar-refractivity contribution < 1.29 is 5.11 Å². The summed E-state index contributed by atoms with van der Waals surface area (Å²) < 4.78 is 0. The highest BCUT2D eigenvalue weighted by Gasteiger charge is 2.29.